The highest BCUT2D eigenvalue weighted by Gasteiger charge is 2.34. The molecule has 0 amide bonds. The van der Waals surface area contributed by atoms with Crippen molar-refractivity contribution >= 4 is 28.6 Å². The van der Waals surface area contributed by atoms with Gasteiger partial charge in [-0.2, -0.15) is 5.26 Å². The van der Waals surface area contributed by atoms with Gasteiger partial charge in [-0.15, -0.1) is 0 Å². The van der Waals surface area contributed by atoms with Crippen LogP contribution < -0.4 is 10.1 Å². The number of aromatic nitrogens is 2. The van der Waals surface area contributed by atoms with Crippen molar-refractivity contribution in [2.45, 2.75) is 46.1 Å². The van der Waals surface area contributed by atoms with Crippen molar-refractivity contribution < 1.29 is 14.6 Å². The van der Waals surface area contributed by atoms with Crippen LogP contribution in [0.25, 0.3) is 11.0 Å². The summed E-state index contributed by atoms with van der Waals surface area (Å²) in [5.74, 6) is 0.793. The second-order valence-corrected chi connectivity index (χ2v) is 9.52. The molecule has 0 aliphatic heterocycles. The van der Waals surface area contributed by atoms with Crippen LogP contribution >= 0.6 is 0 Å². The first kappa shape index (κ1) is 21.7. The molecule has 2 N–H and O–H groups in total. The first-order valence-corrected chi connectivity index (χ1v) is 10.9. The number of ether oxygens (including phenoxy) is 1. The van der Waals surface area contributed by atoms with Crippen LogP contribution in [0.3, 0.4) is 0 Å². The van der Waals surface area contributed by atoms with Gasteiger partial charge in [-0.25, -0.2) is 9.78 Å². The number of rotatable bonds is 6. The van der Waals surface area contributed by atoms with Gasteiger partial charge in [0.1, 0.15) is 5.75 Å². The Bertz CT molecular complexity index is 1170. The van der Waals surface area contributed by atoms with Gasteiger partial charge in [0.2, 0.25) is 5.95 Å². The average Bonchev–Trinajstić information content (AvgIpc) is 3.08. The summed E-state index contributed by atoms with van der Waals surface area (Å²) in [6.45, 7) is 6.55. The van der Waals surface area contributed by atoms with Gasteiger partial charge in [-0.3, -0.25) is 0 Å². The number of nitrogens with one attached hydrogen (secondary N) is 1. The fraction of sp³-hybridized carbons (Fsp3) is 0.400. The molecular formula is C25H28N4O3. The minimum absolute atomic E-state index is 0.231. The van der Waals surface area contributed by atoms with E-state index in [2.05, 4.69) is 36.7 Å². The molecule has 7 nitrogen and oxygen atoms in total. The molecule has 1 aliphatic carbocycles. The van der Waals surface area contributed by atoms with E-state index in [1.165, 1.54) is 6.42 Å². The zero-order valence-electron chi connectivity index (χ0n) is 18.6. The number of carboxylic acid groups (broad SMARTS) is 1. The van der Waals surface area contributed by atoms with Gasteiger partial charge in [-0.05, 0) is 67.0 Å². The maximum absolute atomic E-state index is 10.9. The third-order valence-corrected chi connectivity index (χ3v) is 6.02. The van der Waals surface area contributed by atoms with Crippen molar-refractivity contribution in [3.63, 3.8) is 0 Å². The van der Waals surface area contributed by atoms with Crippen LogP contribution in [-0.4, -0.2) is 27.2 Å². The zero-order valence-corrected chi connectivity index (χ0v) is 18.6. The van der Waals surface area contributed by atoms with E-state index >= 15 is 0 Å². The van der Waals surface area contributed by atoms with Gasteiger partial charge in [-0.1, -0.05) is 20.8 Å². The fourth-order valence-electron chi connectivity index (χ4n) is 5.02. The van der Waals surface area contributed by atoms with Crippen LogP contribution in [0.4, 0.5) is 11.6 Å². The molecular weight excluding hydrogens is 404 g/mol. The van der Waals surface area contributed by atoms with Gasteiger partial charge in [0.15, 0.2) is 6.61 Å². The lowest BCUT2D eigenvalue weighted by molar-refractivity contribution is -0.139. The van der Waals surface area contributed by atoms with E-state index in [4.69, 9.17) is 20.1 Å². The normalized spacial score (nSPS) is 19.9. The summed E-state index contributed by atoms with van der Waals surface area (Å²) in [6, 6.07) is 15.3. The minimum atomic E-state index is -1.02. The first-order chi connectivity index (χ1) is 15.2. The van der Waals surface area contributed by atoms with Gasteiger partial charge in [0.25, 0.3) is 0 Å². The molecule has 2 aromatic carbocycles. The second kappa shape index (κ2) is 8.54. The van der Waals surface area contributed by atoms with Crippen LogP contribution in [0.2, 0.25) is 0 Å². The van der Waals surface area contributed by atoms with Gasteiger partial charge >= 0.3 is 5.97 Å². The Hall–Kier alpha value is -3.53. The molecule has 1 aromatic heterocycles. The molecule has 3 aromatic rings. The quantitative estimate of drug-likeness (QED) is 0.533. The fourth-order valence-corrected chi connectivity index (χ4v) is 5.02. The highest BCUT2D eigenvalue weighted by molar-refractivity contribution is 5.81. The Labute approximate surface area is 187 Å². The second-order valence-electron chi connectivity index (χ2n) is 9.52. The van der Waals surface area contributed by atoms with Crippen LogP contribution in [0.5, 0.6) is 5.75 Å². The number of aliphatic carboxylic acids is 1. The Morgan fingerprint density at radius 3 is 2.69 bits per heavy atom. The van der Waals surface area contributed by atoms with E-state index in [0.717, 1.165) is 35.5 Å². The van der Waals surface area contributed by atoms with Crippen LogP contribution in [0.1, 0.15) is 51.6 Å². The molecule has 166 valence electrons. The van der Waals surface area contributed by atoms with Crippen molar-refractivity contribution in [3.8, 4) is 11.8 Å². The highest BCUT2D eigenvalue weighted by atomic mass is 16.5. The number of imidazole rings is 1. The highest BCUT2D eigenvalue weighted by Crippen LogP contribution is 2.46. The van der Waals surface area contributed by atoms with E-state index in [1.54, 1.807) is 24.3 Å². The predicted molar refractivity (Wildman–Crippen MR) is 123 cm³/mol. The maximum atomic E-state index is 10.9. The largest absolute Gasteiger partial charge is 0.482 e. The number of nitriles is 1. The number of carbonyl (C=O) groups is 1. The zero-order chi connectivity index (χ0) is 22.9. The molecule has 1 heterocycles. The minimum Gasteiger partial charge on any atom is -0.482 e. The lowest BCUT2D eigenvalue weighted by atomic mass is 9.70. The van der Waals surface area contributed by atoms with Crippen LogP contribution in [0, 0.1) is 22.7 Å². The Kier molecular flexibility index (Phi) is 5.79. The number of nitrogens with zero attached hydrogens (tertiary/aromatic N) is 3. The van der Waals surface area contributed by atoms with E-state index < -0.39 is 12.6 Å². The summed E-state index contributed by atoms with van der Waals surface area (Å²) < 4.78 is 7.63. The topological polar surface area (TPSA) is 100 Å². The van der Waals surface area contributed by atoms with Crippen molar-refractivity contribution in [3.05, 3.63) is 48.0 Å². The average molecular weight is 433 g/mol. The molecule has 0 radical (unpaired) electrons. The summed E-state index contributed by atoms with van der Waals surface area (Å²) in [5, 5.41) is 21.4. The number of fused-ring (bicyclic) bond motifs is 1. The third-order valence-electron chi connectivity index (χ3n) is 6.02. The Morgan fingerprint density at radius 1 is 1.28 bits per heavy atom. The molecule has 0 bridgehead atoms. The Balaban J connectivity index is 1.75. The summed E-state index contributed by atoms with van der Waals surface area (Å²) in [4.78, 5) is 15.7. The molecule has 32 heavy (non-hydrogen) atoms. The third kappa shape index (κ3) is 4.70. The van der Waals surface area contributed by atoms with Crippen LogP contribution in [0.15, 0.2) is 42.5 Å². The van der Waals surface area contributed by atoms with Gasteiger partial charge in [0, 0.05) is 17.8 Å². The molecule has 7 heteroatoms. The summed E-state index contributed by atoms with van der Waals surface area (Å²) in [5.41, 5.74) is 3.42. The van der Waals surface area contributed by atoms with Gasteiger partial charge in [0.05, 0.1) is 22.7 Å². The Morgan fingerprint density at radius 2 is 2.03 bits per heavy atom. The molecule has 1 unspecified atom stereocenters. The number of benzene rings is 2. The molecule has 1 aliphatic rings. The number of anilines is 2. The van der Waals surface area contributed by atoms with E-state index in [9.17, 15) is 4.79 Å². The number of hydrogen-bond acceptors (Lipinski definition) is 5. The van der Waals surface area contributed by atoms with Gasteiger partial charge < -0.3 is 19.7 Å². The SMILES string of the molecule is C[C@H]1CC(n2c(Nc3ccc(C#N)cc3)nc3cc(OCC(=O)O)ccc32)CC(C)(C)C1. The van der Waals surface area contributed by atoms with Crippen molar-refractivity contribution in [2.75, 3.05) is 11.9 Å². The molecule has 2 atom stereocenters. The summed E-state index contributed by atoms with van der Waals surface area (Å²) in [6.07, 6.45) is 3.30. The molecule has 4 rings (SSSR count). The van der Waals surface area contributed by atoms with E-state index in [-0.39, 0.29) is 11.5 Å². The van der Waals surface area contributed by atoms with Crippen molar-refractivity contribution in [2.24, 2.45) is 11.3 Å². The molecule has 0 saturated heterocycles. The lowest BCUT2D eigenvalue weighted by Gasteiger charge is -2.40. The molecule has 0 spiro atoms. The van der Waals surface area contributed by atoms with Crippen LogP contribution in [-0.2, 0) is 4.79 Å². The molecule has 1 saturated carbocycles. The van der Waals surface area contributed by atoms with E-state index in [1.807, 2.05) is 18.2 Å². The standard InChI is InChI=1S/C25H28N4O3/c1-16-10-19(13-25(2,3)12-16)29-22-9-8-20(32-15-23(30)31)11-21(22)28-24(29)27-18-6-4-17(14-26)5-7-18/h4-9,11,16,19H,10,12-13,15H2,1-3H3,(H,27,28)(H,30,31)/t16-,19?/m0/s1. The number of hydrogen-bond donors (Lipinski definition) is 2. The summed E-state index contributed by atoms with van der Waals surface area (Å²) >= 11 is 0. The van der Waals surface area contributed by atoms with E-state index in [0.29, 0.717) is 17.2 Å². The lowest BCUT2D eigenvalue weighted by Crippen LogP contribution is -2.29. The van der Waals surface area contributed by atoms with Crippen molar-refractivity contribution in [1.82, 2.24) is 9.55 Å². The summed E-state index contributed by atoms with van der Waals surface area (Å²) in [7, 11) is 0. The maximum Gasteiger partial charge on any atom is 0.341 e. The van der Waals surface area contributed by atoms with Crippen molar-refractivity contribution in [1.29, 1.82) is 5.26 Å². The number of carboxylic acids is 1. The molecule has 1 fully saturated rings. The monoisotopic (exact) mass is 432 g/mol. The predicted octanol–water partition coefficient (Wildman–Crippen LogP) is 5.50. The smallest absolute Gasteiger partial charge is 0.341 e. The first-order valence-electron chi connectivity index (χ1n) is 10.9.